The lowest BCUT2D eigenvalue weighted by Gasteiger charge is -2.14. The highest BCUT2D eigenvalue weighted by Crippen LogP contribution is 2.23. The van der Waals surface area contributed by atoms with E-state index in [9.17, 15) is 9.59 Å². The number of hydrogen-bond acceptors (Lipinski definition) is 6. The number of nitrogens with two attached hydrogens (primary N) is 1. The van der Waals surface area contributed by atoms with Gasteiger partial charge in [0.2, 0.25) is 0 Å². The van der Waals surface area contributed by atoms with E-state index in [4.69, 9.17) is 5.73 Å². The molecule has 3 aromatic rings. The molecule has 0 radical (unpaired) electrons. The molecule has 1 amide bonds. The first-order chi connectivity index (χ1) is 13.4. The molecule has 0 saturated heterocycles. The lowest BCUT2D eigenvalue weighted by molar-refractivity contribution is 0.212. The molecule has 0 unspecified atom stereocenters. The Morgan fingerprint density at radius 1 is 1.21 bits per heavy atom. The van der Waals surface area contributed by atoms with Crippen LogP contribution in [0, 0.1) is 6.92 Å². The van der Waals surface area contributed by atoms with Crippen LogP contribution in [0.4, 0.5) is 10.6 Å². The summed E-state index contributed by atoms with van der Waals surface area (Å²) >= 11 is 1.43. The minimum absolute atomic E-state index is 0.124. The van der Waals surface area contributed by atoms with E-state index in [1.54, 1.807) is 7.05 Å². The highest BCUT2D eigenvalue weighted by Gasteiger charge is 2.25. The average Bonchev–Trinajstić information content (AvgIpc) is 2.95. The summed E-state index contributed by atoms with van der Waals surface area (Å²) in [6.07, 6.45) is 0. The van der Waals surface area contributed by atoms with Gasteiger partial charge in [0, 0.05) is 13.6 Å². The van der Waals surface area contributed by atoms with Gasteiger partial charge in [0.05, 0.1) is 6.54 Å². The van der Waals surface area contributed by atoms with Crippen molar-refractivity contribution in [3.8, 4) is 0 Å². The van der Waals surface area contributed by atoms with E-state index < -0.39 is 11.7 Å². The Hall–Kier alpha value is -2.81. The van der Waals surface area contributed by atoms with Crippen LogP contribution < -0.4 is 11.4 Å². The van der Waals surface area contributed by atoms with Gasteiger partial charge < -0.3 is 10.6 Å². The topological polar surface area (TPSA) is 99.0 Å². The number of aryl methyl sites for hydroxylation is 1. The van der Waals surface area contributed by atoms with E-state index >= 15 is 0 Å². The molecule has 0 spiro atoms. The number of amides is 1. The van der Waals surface area contributed by atoms with Crippen molar-refractivity contribution in [1.82, 2.24) is 24.0 Å². The van der Waals surface area contributed by atoms with E-state index in [1.165, 1.54) is 21.2 Å². The smallest absolute Gasteiger partial charge is 0.339 e. The normalized spacial score (nSPS) is 11.1. The molecule has 1 aromatic carbocycles. The summed E-state index contributed by atoms with van der Waals surface area (Å²) in [6, 6.07) is 7.43. The second-order valence-corrected chi connectivity index (χ2v) is 7.71. The number of imidazole rings is 1. The summed E-state index contributed by atoms with van der Waals surface area (Å²) < 4.78 is 2.56. The number of fused-ring (bicyclic) bond motifs is 1. The Balaban J connectivity index is 2.25. The summed E-state index contributed by atoms with van der Waals surface area (Å²) in [5.41, 5.74) is 8.37. The van der Waals surface area contributed by atoms with Crippen LogP contribution in [0.2, 0.25) is 0 Å². The second kappa shape index (κ2) is 8.05. The Labute approximate surface area is 167 Å². The number of nitrogens with zero attached hydrogens (tertiary/aromatic N) is 5. The standard InChI is InChI=1S/C19H24N6O2S/c1-5-23(4)18(26)25-14-15(20)21-17(28-6-2)22-16(14)24(19(25)27)11-13-9-7-12(3)8-10-13/h7-10H,5-6,11H2,1-4H3,(H2,20,21,22). The Morgan fingerprint density at radius 3 is 2.50 bits per heavy atom. The number of thioether (sulfide) groups is 1. The number of nitrogen functional groups attached to an aromatic ring is 1. The van der Waals surface area contributed by atoms with Crippen LogP contribution in [0.1, 0.15) is 25.0 Å². The predicted molar refractivity (Wildman–Crippen MR) is 112 cm³/mol. The van der Waals surface area contributed by atoms with Crippen LogP contribution in [0.3, 0.4) is 0 Å². The SMILES string of the molecule is CCSc1nc(N)c2c(n1)n(Cc1ccc(C)cc1)c(=O)n2C(=O)N(C)CC. The summed E-state index contributed by atoms with van der Waals surface area (Å²) in [5, 5.41) is 0.485. The maximum atomic E-state index is 13.2. The van der Waals surface area contributed by atoms with Crippen molar-refractivity contribution < 1.29 is 4.79 Å². The Kier molecular flexibility index (Phi) is 5.73. The van der Waals surface area contributed by atoms with Gasteiger partial charge in [0.25, 0.3) is 0 Å². The molecular formula is C19H24N6O2S. The summed E-state index contributed by atoms with van der Waals surface area (Å²) in [6.45, 7) is 6.57. The summed E-state index contributed by atoms with van der Waals surface area (Å²) in [5.74, 6) is 0.893. The molecule has 148 valence electrons. The average molecular weight is 401 g/mol. The fourth-order valence-electron chi connectivity index (χ4n) is 2.84. The van der Waals surface area contributed by atoms with Gasteiger partial charge in [-0.2, -0.15) is 0 Å². The van der Waals surface area contributed by atoms with E-state index in [0.717, 1.165) is 21.4 Å². The third-order valence-electron chi connectivity index (χ3n) is 4.50. The molecular weight excluding hydrogens is 376 g/mol. The van der Waals surface area contributed by atoms with Crippen molar-refractivity contribution in [2.45, 2.75) is 32.5 Å². The van der Waals surface area contributed by atoms with E-state index in [0.29, 0.717) is 23.9 Å². The number of carbonyl (C=O) groups excluding carboxylic acids is 1. The second-order valence-electron chi connectivity index (χ2n) is 6.48. The van der Waals surface area contributed by atoms with Gasteiger partial charge in [-0.15, -0.1) is 0 Å². The van der Waals surface area contributed by atoms with Gasteiger partial charge in [-0.3, -0.25) is 4.57 Å². The van der Waals surface area contributed by atoms with Crippen LogP contribution >= 0.6 is 11.8 Å². The van der Waals surface area contributed by atoms with Gasteiger partial charge in [0.1, 0.15) is 5.52 Å². The highest BCUT2D eigenvalue weighted by atomic mass is 32.2. The molecule has 8 nitrogen and oxygen atoms in total. The molecule has 0 aliphatic heterocycles. The molecule has 9 heteroatoms. The first kappa shape index (κ1) is 19.9. The third-order valence-corrected chi connectivity index (χ3v) is 5.23. The van der Waals surface area contributed by atoms with Crippen LogP contribution in [-0.4, -0.2) is 49.4 Å². The lowest BCUT2D eigenvalue weighted by Crippen LogP contribution is -2.38. The van der Waals surface area contributed by atoms with Gasteiger partial charge in [-0.05, 0) is 25.2 Å². The van der Waals surface area contributed by atoms with Crippen molar-refractivity contribution >= 4 is 34.8 Å². The number of aromatic nitrogens is 4. The fourth-order valence-corrected chi connectivity index (χ4v) is 3.42. The maximum Gasteiger partial charge on any atom is 0.339 e. The molecule has 3 rings (SSSR count). The molecule has 0 saturated carbocycles. The Bertz CT molecular complexity index is 1070. The molecule has 0 bridgehead atoms. The van der Waals surface area contributed by atoms with Crippen LogP contribution in [-0.2, 0) is 6.54 Å². The molecule has 2 aromatic heterocycles. The molecule has 0 aliphatic carbocycles. The Morgan fingerprint density at radius 2 is 1.89 bits per heavy atom. The summed E-state index contributed by atoms with van der Waals surface area (Å²) in [7, 11) is 1.64. The zero-order valence-electron chi connectivity index (χ0n) is 16.5. The van der Waals surface area contributed by atoms with Crippen LogP contribution in [0.15, 0.2) is 34.2 Å². The molecule has 0 aliphatic rings. The van der Waals surface area contributed by atoms with Gasteiger partial charge in [-0.25, -0.2) is 24.1 Å². The number of hydrogen-bond donors (Lipinski definition) is 1. The first-order valence-electron chi connectivity index (χ1n) is 9.09. The molecule has 0 fully saturated rings. The van der Waals surface area contributed by atoms with Gasteiger partial charge in [-0.1, -0.05) is 48.5 Å². The number of carbonyl (C=O) groups is 1. The number of anilines is 1. The van der Waals surface area contributed by atoms with Crippen molar-refractivity contribution in [3.05, 3.63) is 45.9 Å². The van der Waals surface area contributed by atoms with E-state index in [1.807, 2.05) is 45.0 Å². The number of benzene rings is 1. The third kappa shape index (κ3) is 3.62. The number of rotatable bonds is 5. The van der Waals surface area contributed by atoms with E-state index in [2.05, 4.69) is 9.97 Å². The first-order valence-corrected chi connectivity index (χ1v) is 10.1. The molecule has 2 N–H and O–H groups in total. The zero-order valence-corrected chi connectivity index (χ0v) is 17.3. The minimum Gasteiger partial charge on any atom is -0.382 e. The summed E-state index contributed by atoms with van der Waals surface area (Å²) in [4.78, 5) is 36.3. The largest absolute Gasteiger partial charge is 0.382 e. The van der Waals surface area contributed by atoms with Crippen molar-refractivity contribution in [1.29, 1.82) is 0 Å². The van der Waals surface area contributed by atoms with Gasteiger partial charge >= 0.3 is 11.7 Å². The van der Waals surface area contributed by atoms with E-state index in [-0.39, 0.29) is 11.3 Å². The quantitative estimate of drug-likeness (QED) is 0.522. The van der Waals surface area contributed by atoms with Crippen LogP contribution in [0.5, 0.6) is 0 Å². The molecule has 2 heterocycles. The molecule has 0 atom stereocenters. The predicted octanol–water partition coefficient (Wildman–Crippen LogP) is 2.56. The van der Waals surface area contributed by atoms with Crippen molar-refractivity contribution in [3.63, 3.8) is 0 Å². The van der Waals surface area contributed by atoms with Crippen molar-refractivity contribution in [2.75, 3.05) is 25.1 Å². The fraction of sp³-hybridized carbons (Fsp3) is 0.368. The van der Waals surface area contributed by atoms with Crippen molar-refractivity contribution in [2.24, 2.45) is 0 Å². The van der Waals surface area contributed by atoms with Crippen LogP contribution in [0.25, 0.3) is 11.2 Å². The monoisotopic (exact) mass is 400 g/mol. The van der Waals surface area contributed by atoms with Gasteiger partial charge in [0.15, 0.2) is 16.6 Å². The molecule has 28 heavy (non-hydrogen) atoms. The zero-order chi connectivity index (χ0) is 20.4. The minimum atomic E-state index is -0.472. The maximum absolute atomic E-state index is 13.2. The highest BCUT2D eigenvalue weighted by molar-refractivity contribution is 7.99. The lowest BCUT2D eigenvalue weighted by atomic mass is 10.1.